The maximum atomic E-state index is 11.7. The van der Waals surface area contributed by atoms with Gasteiger partial charge in [0.15, 0.2) is 5.76 Å². The van der Waals surface area contributed by atoms with E-state index in [0.717, 1.165) is 11.8 Å². The number of thioether (sulfide) groups is 1. The lowest BCUT2D eigenvalue weighted by molar-refractivity contribution is -0.117. The maximum absolute atomic E-state index is 11.7. The topological polar surface area (TPSA) is 98.2 Å². The first-order valence-corrected chi connectivity index (χ1v) is 8.08. The average molecular weight is 364 g/mol. The molecule has 122 valence electrons. The summed E-state index contributed by atoms with van der Waals surface area (Å²) in [5, 5.41) is 10.7. The molecule has 24 heavy (non-hydrogen) atoms. The van der Waals surface area contributed by atoms with Crippen molar-refractivity contribution >= 4 is 35.2 Å². The first-order valence-electron chi connectivity index (χ1n) is 6.72. The minimum atomic E-state index is -0.601. The lowest BCUT2D eigenvalue weighted by Crippen LogP contribution is -2.31. The van der Waals surface area contributed by atoms with E-state index in [-0.39, 0.29) is 16.7 Å². The van der Waals surface area contributed by atoms with Crippen LogP contribution in [-0.2, 0) is 4.79 Å². The zero-order valence-electron chi connectivity index (χ0n) is 12.1. The molecule has 0 fully saturated rings. The van der Waals surface area contributed by atoms with Gasteiger partial charge in [0, 0.05) is 10.6 Å². The second-order valence-corrected chi connectivity index (χ2v) is 5.89. The molecule has 0 unspecified atom stereocenters. The zero-order valence-corrected chi connectivity index (χ0v) is 13.6. The monoisotopic (exact) mass is 363 g/mol. The van der Waals surface area contributed by atoms with Crippen LogP contribution in [0.5, 0.6) is 0 Å². The van der Waals surface area contributed by atoms with Gasteiger partial charge in [-0.15, -0.1) is 10.2 Å². The van der Waals surface area contributed by atoms with Crippen molar-refractivity contribution in [2.75, 3.05) is 5.75 Å². The minimum Gasteiger partial charge on any atom is -0.459 e. The van der Waals surface area contributed by atoms with Gasteiger partial charge in [-0.25, -0.2) is 0 Å². The number of carbonyl (C=O) groups excluding carboxylic acids is 2. The number of hydrogen-bond acceptors (Lipinski definition) is 7. The number of benzene rings is 1. The number of furan rings is 1. The van der Waals surface area contributed by atoms with Crippen molar-refractivity contribution in [3.8, 4) is 11.5 Å². The zero-order chi connectivity index (χ0) is 16.9. The number of halogens is 1. The summed E-state index contributed by atoms with van der Waals surface area (Å²) in [4.78, 5) is 23.4. The van der Waals surface area contributed by atoms with Crippen molar-refractivity contribution < 1.29 is 18.4 Å². The highest BCUT2D eigenvalue weighted by molar-refractivity contribution is 7.99. The normalized spacial score (nSPS) is 10.5. The Morgan fingerprint density at radius 3 is 2.83 bits per heavy atom. The summed E-state index contributed by atoms with van der Waals surface area (Å²) in [6.07, 6.45) is 1.35. The van der Waals surface area contributed by atoms with Crippen LogP contribution in [0.2, 0.25) is 5.02 Å². The van der Waals surface area contributed by atoms with E-state index in [1.807, 2.05) is 0 Å². The molecule has 9 heteroatoms. The molecule has 0 atom stereocenters. The summed E-state index contributed by atoms with van der Waals surface area (Å²) in [5.74, 6) is -0.787. The summed E-state index contributed by atoms with van der Waals surface area (Å²) in [6, 6.07) is 10.00. The van der Waals surface area contributed by atoms with E-state index in [1.165, 1.54) is 12.3 Å². The Morgan fingerprint density at radius 2 is 2.08 bits per heavy atom. The quantitative estimate of drug-likeness (QED) is 0.695. The fraction of sp³-hybridized carbons (Fsp3) is 0.0667. The fourth-order valence-corrected chi connectivity index (χ4v) is 2.52. The molecule has 0 spiro atoms. The molecule has 0 saturated carbocycles. The third-order valence-electron chi connectivity index (χ3n) is 2.80. The van der Waals surface area contributed by atoms with Crippen LogP contribution < -0.4 is 5.32 Å². The lowest BCUT2D eigenvalue weighted by atomic mass is 10.2. The van der Waals surface area contributed by atoms with Gasteiger partial charge in [-0.05, 0) is 30.3 Å². The van der Waals surface area contributed by atoms with Crippen molar-refractivity contribution in [3.63, 3.8) is 0 Å². The molecule has 0 aliphatic heterocycles. The third-order valence-corrected chi connectivity index (χ3v) is 3.86. The van der Waals surface area contributed by atoms with E-state index in [4.69, 9.17) is 20.4 Å². The molecule has 7 nitrogen and oxygen atoms in total. The van der Waals surface area contributed by atoms with Crippen LogP contribution >= 0.6 is 23.4 Å². The van der Waals surface area contributed by atoms with Gasteiger partial charge in [-0.2, -0.15) is 0 Å². The van der Waals surface area contributed by atoms with Gasteiger partial charge in [-0.3, -0.25) is 14.9 Å². The van der Waals surface area contributed by atoms with Crippen molar-refractivity contribution in [2.24, 2.45) is 0 Å². The Kier molecular flexibility index (Phi) is 4.97. The molecule has 3 rings (SSSR count). The number of hydrogen-bond donors (Lipinski definition) is 1. The van der Waals surface area contributed by atoms with Crippen molar-refractivity contribution in [1.29, 1.82) is 0 Å². The molecular formula is C15H10ClN3O4S. The van der Waals surface area contributed by atoms with Gasteiger partial charge in [0.2, 0.25) is 11.8 Å². The Hall–Kier alpha value is -2.58. The summed E-state index contributed by atoms with van der Waals surface area (Å²) in [6.45, 7) is 0. The number of aromatic nitrogens is 2. The summed E-state index contributed by atoms with van der Waals surface area (Å²) in [5.41, 5.74) is 0.680. The van der Waals surface area contributed by atoms with Crippen LogP contribution in [0.1, 0.15) is 10.6 Å². The highest BCUT2D eigenvalue weighted by Gasteiger charge is 2.15. The molecule has 2 amide bonds. The average Bonchev–Trinajstić information content (AvgIpc) is 3.25. The highest BCUT2D eigenvalue weighted by Crippen LogP contribution is 2.24. The summed E-state index contributed by atoms with van der Waals surface area (Å²) < 4.78 is 10.3. The smallest absolute Gasteiger partial charge is 0.293 e. The van der Waals surface area contributed by atoms with Crippen LogP contribution in [0.25, 0.3) is 11.5 Å². The van der Waals surface area contributed by atoms with Gasteiger partial charge in [0.05, 0.1) is 12.0 Å². The summed E-state index contributed by atoms with van der Waals surface area (Å²) in [7, 11) is 0. The van der Waals surface area contributed by atoms with E-state index in [2.05, 4.69) is 15.5 Å². The van der Waals surface area contributed by atoms with Gasteiger partial charge in [0.1, 0.15) is 0 Å². The van der Waals surface area contributed by atoms with Gasteiger partial charge < -0.3 is 8.83 Å². The molecular weight excluding hydrogens is 354 g/mol. The molecule has 0 radical (unpaired) electrons. The SMILES string of the molecule is O=C(CSc1nnc(-c2cccc(Cl)c2)o1)NC(=O)c1ccco1. The molecule has 3 aromatic rings. The molecule has 2 heterocycles. The number of imide groups is 1. The van der Waals surface area contributed by atoms with Crippen molar-refractivity contribution in [3.05, 3.63) is 53.4 Å². The number of rotatable bonds is 5. The molecule has 2 aromatic heterocycles. The van der Waals surface area contributed by atoms with E-state index in [0.29, 0.717) is 16.5 Å². The molecule has 0 saturated heterocycles. The first-order chi connectivity index (χ1) is 11.6. The fourth-order valence-electron chi connectivity index (χ4n) is 1.77. The highest BCUT2D eigenvalue weighted by atomic mass is 35.5. The van der Waals surface area contributed by atoms with E-state index in [9.17, 15) is 9.59 Å². The Morgan fingerprint density at radius 1 is 1.21 bits per heavy atom. The Balaban J connectivity index is 1.55. The first kappa shape index (κ1) is 16.3. The third kappa shape index (κ3) is 4.03. The van der Waals surface area contributed by atoms with Crippen molar-refractivity contribution in [2.45, 2.75) is 5.22 Å². The molecule has 0 bridgehead atoms. The number of amides is 2. The van der Waals surface area contributed by atoms with Gasteiger partial charge in [-0.1, -0.05) is 29.4 Å². The van der Waals surface area contributed by atoms with Gasteiger partial charge in [0.25, 0.3) is 11.1 Å². The standard InChI is InChI=1S/C15H10ClN3O4S/c16-10-4-1-3-9(7-10)14-18-19-15(23-14)24-8-12(20)17-13(21)11-5-2-6-22-11/h1-7H,8H2,(H,17,20,21). The van der Waals surface area contributed by atoms with Crippen LogP contribution in [0.4, 0.5) is 0 Å². The van der Waals surface area contributed by atoms with Gasteiger partial charge >= 0.3 is 0 Å². The van der Waals surface area contributed by atoms with E-state index >= 15 is 0 Å². The molecule has 0 aliphatic rings. The Labute approximate surface area is 145 Å². The maximum Gasteiger partial charge on any atom is 0.293 e. The predicted octanol–water partition coefficient (Wildman–Crippen LogP) is 3.03. The van der Waals surface area contributed by atoms with Crippen LogP contribution in [0, 0.1) is 0 Å². The number of carbonyl (C=O) groups is 2. The second kappa shape index (κ2) is 7.33. The number of nitrogens with one attached hydrogen (secondary N) is 1. The molecule has 0 aliphatic carbocycles. The lowest BCUT2D eigenvalue weighted by Gasteiger charge is -1.99. The van der Waals surface area contributed by atoms with Crippen LogP contribution in [0.15, 0.2) is 56.7 Å². The largest absolute Gasteiger partial charge is 0.459 e. The molecule has 1 aromatic carbocycles. The molecule has 1 N–H and O–H groups in total. The minimum absolute atomic E-state index is 0.0520. The van der Waals surface area contributed by atoms with Crippen LogP contribution in [0.3, 0.4) is 0 Å². The van der Waals surface area contributed by atoms with E-state index < -0.39 is 11.8 Å². The Bertz CT molecular complexity index is 863. The van der Waals surface area contributed by atoms with Crippen LogP contribution in [-0.4, -0.2) is 27.8 Å². The van der Waals surface area contributed by atoms with E-state index in [1.54, 1.807) is 30.3 Å². The second-order valence-electron chi connectivity index (χ2n) is 4.53. The summed E-state index contributed by atoms with van der Waals surface area (Å²) >= 11 is 6.93. The number of nitrogens with zero attached hydrogens (tertiary/aromatic N) is 2. The van der Waals surface area contributed by atoms with Crippen molar-refractivity contribution in [1.82, 2.24) is 15.5 Å². The predicted molar refractivity (Wildman–Crippen MR) is 86.6 cm³/mol.